The summed E-state index contributed by atoms with van der Waals surface area (Å²) in [6, 6.07) is 6.51. The van der Waals surface area contributed by atoms with E-state index in [1.807, 2.05) is 20.8 Å². The van der Waals surface area contributed by atoms with Gasteiger partial charge in [-0.15, -0.1) is 0 Å². The molecule has 98 valence electrons. The molecule has 0 aromatic heterocycles. The number of benzene rings is 1. The minimum Gasteiger partial charge on any atom is -0.444 e. The van der Waals surface area contributed by atoms with Gasteiger partial charge in [0.15, 0.2) is 0 Å². The molecule has 1 N–H and O–H groups in total. The minimum atomic E-state index is -0.482. The van der Waals surface area contributed by atoms with Crippen LogP contribution in [0.4, 0.5) is 9.18 Å². The highest BCUT2D eigenvalue weighted by Gasteiger charge is 2.40. The number of halogens is 1. The second kappa shape index (κ2) is 4.59. The van der Waals surface area contributed by atoms with Gasteiger partial charge in [-0.05, 0) is 44.9 Å². The number of hydrogen-bond donors (Lipinski definition) is 1. The van der Waals surface area contributed by atoms with E-state index in [4.69, 9.17) is 4.74 Å². The van der Waals surface area contributed by atoms with Gasteiger partial charge in [0.1, 0.15) is 11.4 Å². The third kappa shape index (κ3) is 3.45. The molecule has 2 atom stereocenters. The van der Waals surface area contributed by atoms with Gasteiger partial charge in [-0.3, -0.25) is 0 Å². The Hall–Kier alpha value is -1.58. The SMILES string of the molecule is CC(C)(C)OC(=O)N[C@@H]1CC1c1ccc(F)cc1. The molecular weight excluding hydrogens is 233 g/mol. The van der Waals surface area contributed by atoms with Crippen molar-refractivity contribution < 1.29 is 13.9 Å². The second-order valence-electron chi connectivity index (χ2n) is 5.65. The molecule has 0 aliphatic heterocycles. The van der Waals surface area contributed by atoms with Gasteiger partial charge in [0, 0.05) is 12.0 Å². The number of hydrogen-bond acceptors (Lipinski definition) is 2. The first kappa shape index (κ1) is 12.9. The summed E-state index contributed by atoms with van der Waals surface area (Å²) >= 11 is 0. The van der Waals surface area contributed by atoms with E-state index in [0.29, 0.717) is 0 Å². The largest absolute Gasteiger partial charge is 0.444 e. The van der Waals surface area contributed by atoms with E-state index in [2.05, 4.69) is 5.32 Å². The highest BCUT2D eigenvalue weighted by molar-refractivity contribution is 5.69. The number of alkyl carbamates (subject to hydrolysis) is 1. The molecule has 1 aromatic carbocycles. The lowest BCUT2D eigenvalue weighted by atomic mass is 10.1. The maximum Gasteiger partial charge on any atom is 0.407 e. The van der Waals surface area contributed by atoms with E-state index in [9.17, 15) is 9.18 Å². The predicted molar refractivity (Wildman–Crippen MR) is 66.9 cm³/mol. The summed E-state index contributed by atoms with van der Waals surface area (Å²) < 4.78 is 18.0. The lowest BCUT2D eigenvalue weighted by molar-refractivity contribution is 0.0523. The summed E-state index contributed by atoms with van der Waals surface area (Å²) in [4.78, 5) is 11.5. The molecule has 4 heteroatoms. The number of ether oxygens (including phenoxy) is 1. The fraction of sp³-hybridized carbons (Fsp3) is 0.500. The van der Waals surface area contributed by atoms with Crippen molar-refractivity contribution in [1.29, 1.82) is 0 Å². The quantitative estimate of drug-likeness (QED) is 0.876. The molecule has 0 heterocycles. The Kier molecular flexibility index (Phi) is 3.28. The van der Waals surface area contributed by atoms with Crippen LogP contribution in [0, 0.1) is 5.82 Å². The van der Waals surface area contributed by atoms with Crippen LogP contribution in [-0.2, 0) is 4.74 Å². The highest BCUT2D eigenvalue weighted by Crippen LogP contribution is 2.40. The summed E-state index contributed by atoms with van der Waals surface area (Å²) in [6.07, 6.45) is 0.488. The van der Waals surface area contributed by atoms with E-state index in [1.165, 1.54) is 12.1 Å². The first-order valence-corrected chi connectivity index (χ1v) is 6.10. The molecule has 0 spiro atoms. The molecule has 1 fully saturated rings. The Morgan fingerprint density at radius 3 is 2.50 bits per heavy atom. The minimum absolute atomic E-state index is 0.102. The van der Waals surface area contributed by atoms with Crippen molar-refractivity contribution in [3.05, 3.63) is 35.6 Å². The first-order chi connectivity index (χ1) is 8.35. The normalized spacial score (nSPS) is 22.4. The fourth-order valence-electron chi connectivity index (χ4n) is 1.89. The van der Waals surface area contributed by atoms with Crippen LogP contribution >= 0.6 is 0 Å². The van der Waals surface area contributed by atoms with Gasteiger partial charge in [-0.25, -0.2) is 9.18 Å². The fourth-order valence-corrected chi connectivity index (χ4v) is 1.89. The summed E-state index contributed by atoms with van der Waals surface area (Å²) in [5.41, 5.74) is 0.571. The van der Waals surface area contributed by atoms with E-state index in [1.54, 1.807) is 12.1 Å². The molecule has 1 aliphatic carbocycles. The average molecular weight is 251 g/mol. The molecule has 1 aromatic rings. The summed E-state index contributed by atoms with van der Waals surface area (Å²) in [5.74, 6) is 0.0363. The monoisotopic (exact) mass is 251 g/mol. The second-order valence-corrected chi connectivity index (χ2v) is 5.65. The molecule has 1 aliphatic rings. The van der Waals surface area contributed by atoms with Crippen LogP contribution in [0.1, 0.15) is 38.7 Å². The zero-order valence-electron chi connectivity index (χ0n) is 10.9. The van der Waals surface area contributed by atoms with E-state index in [-0.39, 0.29) is 17.8 Å². The Bertz CT molecular complexity index is 436. The first-order valence-electron chi connectivity index (χ1n) is 6.10. The molecule has 0 bridgehead atoms. The number of carbonyl (C=O) groups is 1. The summed E-state index contributed by atoms with van der Waals surface area (Å²) in [6.45, 7) is 5.49. The molecule has 1 saturated carbocycles. The molecular formula is C14H18FNO2. The number of nitrogens with one attached hydrogen (secondary N) is 1. The molecule has 1 unspecified atom stereocenters. The van der Waals surface area contributed by atoms with E-state index >= 15 is 0 Å². The molecule has 0 radical (unpaired) electrons. The van der Waals surface area contributed by atoms with Gasteiger partial charge in [0.05, 0.1) is 0 Å². The number of amides is 1. The van der Waals surface area contributed by atoms with Gasteiger partial charge in [0.25, 0.3) is 0 Å². The van der Waals surface area contributed by atoms with Crippen LogP contribution in [0.5, 0.6) is 0 Å². The predicted octanol–water partition coefficient (Wildman–Crippen LogP) is 3.21. The zero-order chi connectivity index (χ0) is 13.3. The van der Waals surface area contributed by atoms with Crippen LogP contribution in [0.25, 0.3) is 0 Å². The van der Waals surface area contributed by atoms with Crippen molar-refractivity contribution in [2.45, 2.75) is 44.8 Å². The molecule has 2 rings (SSSR count). The average Bonchev–Trinajstić information content (AvgIpc) is 2.95. The van der Waals surface area contributed by atoms with Gasteiger partial charge in [0.2, 0.25) is 0 Å². The van der Waals surface area contributed by atoms with Crippen LogP contribution < -0.4 is 5.32 Å². The Labute approximate surface area is 106 Å². The maximum absolute atomic E-state index is 12.8. The standard InChI is InChI=1S/C14H18FNO2/c1-14(2,3)18-13(17)16-12-8-11(12)9-4-6-10(15)7-5-9/h4-7,11-12H,8H2,1-3H3,(H,16,17)/t11?,12-/m1/s1. The van der Waals surface area contributed by atoms with Crippen molar-refractivity contribution >= 4 is 6.09 Å². The number of carbonyl (C=O) groups excluding carboxylic acids is 1. The zero-order valence-corrected chi connectivity index (χ0v) is 10.9. The van der Waals surface area contributed by atoms with Crippen molar-refractivity contribution in [2.24, 2.45) is 0 Å². The van der Waals surface area contributed by atoms with Crippen molar-refractivity contribution in [3.63, 3.8) is 0 Å². The number of rotatable bonds is 2. The Morgan fingerprint density at radius 2 is 1.94 bits per heavy atom. The van der Waals surface area contributed by atoms with Crippen LogP contribution in [-0.4, -0.2) is 17.7 Å². The lowest BCUT2D eigenvalue weighted by Gasteiger charge is -2.19. The maximum atomic E-state index is 12.8. The Balaban J connectivity index is 1.85. The molecule has 18 heavy (non-hydrogen) atoms. The van der Waals surface area contributed by atoms with Crippen molar-refractivity contribution in [1.82, 2.24) is 5.32 Å². The highest BCUT2D eigenvalue weighted by atomic mass is 19.1. The topological polar surface area (TPSA) is 38.3 Å². The summed E-state index contributed by atoms with van der Waals surface area (Å²) in [7, 11) is 0. The van der Waals surface area contributed by atoms with Crippen molar-refractivity contribution in [2.75, 3.05) is 0 Å². The van der Waals surface area contributed by atoms with Crippen molar-refractivity contribution in [3.8, 4) is 0 Å². The Morgan fingerprint density at radius 1 is 1.33 bits per heavy atom. The lowest BCUT2D eigenvalue weighted by Crippen LogP contribution is -2.34. The van der Waals surface area contributed by atoms with Crippen LogP contribution in [0.3, 0.4) is 0 Å². The van der Waals surface area contributed by atoms with E-state index < -0.39 is 11.7 Å². The molecule has 1 amide bonds. The smallest absolute Gasteiger partial charge is 0.407 e. The van der Waals surface area contributed by atoms with Gasteiger partial charge < -0.3 is 10.1 Å². The van der Waals surface area contributed by atoms with E-state index in [0.717, 1.165) is 12.0 Å². The van der Waals surface area contributed by atoms with Crippen LogP contribution in [0.2, 0.25) is 0 Å². The van der Waals surface area contributed by atoms with Gasteiger partial charge >= 0.3 is 6.09 Å². The van der Waals surface area contributed by atoms with Crippen LogP contribution in [0.15, 0.2) is 24.3 Å². The van der Waals surface area contributed by atoms with Gasteiger partial charge in [-0.2, -0.15) is 0 Å². The molecule has 0 saturated heterocycles. The molecule has 3 nitrogen and oxygen atoms in total. The van der Waals surface area contributed by atoms with Gasteiger partial charge in [-0.1, -0.05) is 12.1 Å². The summed E-state index contributed by atoms with van der Waals surface area (Å²) in [5, 5.41) is 2.82. The third-order valence-electron chi connectivity index (χ3n) is 2.79. The third-order valence-corrected chi connectivity index (χ3v) is 2.79.